The molecule has 2 aromatic heterocycles. The van der Waals surface area contributed by atoms with Crippen LogP contribution in [0, 0.1) is 0 Å². The van der Waals surface area contributed by atoms with E-state index in [-0.39, 0.29) is 19.2 Å². The van der Waals surface area contributed by atoms with Crippen molar-refractivity contribution in [1.29, 1.82) is 0 Å². The first-order valence-corrected chi connectivity index (χ1v) is 9.01. The Labute approximate surface area is 178 Å². The zero-order valence-corrected chi connectivity index (χ0v) is 16.5. The average molecular weight is 421 g/mol. The molecule has 7 nitrogen and oxygen atoms in total. The lowest BCUT2D eigenvalue weighted by Crippen LogP contribution is -2.10. The maximum Gasteiger partial charge on any atom is 0.248 e. The monoisotopic (exact) mass is 420 g/mol. The van der Waals surface area contributed by atoms with Crippen LogP contribution in [0.2, 0.25) is 0 Å². The van der Waals surface area contributed by atoms with E-state index in [1.807, 2.05) is 48.5 Å². The molecule has 3 N–H and O–H groups in total. The summed E-state index contributed by atoms with van der Waals surface area (Å²) in [5.74, 6) is 1.59. The standard InChI is InChI=1S/C22H16N4O3.ClH/c23-21(27)13-4-6-14(7-5-13)22-25-19(20(26-22)16-3-1-2-10-24-16)15-8-9-17-18(11-15)29-12-28-17;/h1-11H,12H2,(H2,23,27)(H,25,26);1H. The van der Waals surface area contributed by atoms with Crippen LogP contribution in [0.1, 0.15) is 10.4 Å². The molecule has 0 atom stereocenters. The van der Waals surface area contributed by atoms with E-state index < -0.39 is 5.91 Å². The number of hydrogen-bond acceptors (Lipinski definition) is 5. The number of aromatic nitrogens is 3. The topological polar surface area (TPSA) is 103 Å². The molecule has 4 aromatic rings. The van der Waals surface area contributed by atoms with Gasteiger partial charge < -0.3 is 20.2 Å². The highest BCUT2D eigenvalue weighted by Crippen LogP contribution is 2.38. The second-order valence-electron chi connectivity index (χ2n) is 6.53. The van der Waals surface area contributed by atoms with Crippen molar-refractivity contribution >= 4 is 18.3 Å². The summed E-state index contributed by atoms with van der Waals surface area (Å²) >= 11 is 0. The number of carbonyl (C=O) groups excluding carboxylic acids is 1. The Kier molecular flexibility index (Phi) is 5.12. The second kappa shape index (κ2) is 7.88. The number of hydrogen-bond donors (Lipinski definition) is 2. The zero-order chi connectivity index (χ0) is 19.8. The smallest absolute Gasteiger partial charge is 0.248 e. The molecule has 0 spiro atoms. The van der Waals surface area contributed by atoms with Crippen molar-refractivity contribution in [1.82, 2.24) is 15.0 Å². The third-order valence-electron chi connectivity index (χ3n) is 4.71. The summed E-state index contributed by atoms with van der Waals surface area (Å²) in [4.78, 5) is 24.0. The molecular formula is C22H17ClN4O3. The summed E-state index contributed by atoms with van der Waals surface area (Å²) in [6.45, 7) is 0.212. The van der Waals surface area contributed by atoms with Gasteiger partial charge in [0.05, 0.1) is 17.1 Å². The van der Waals surface area contributed by atoms with Crippen molar-refractivity contribution in [2.45, 2.75) is 0 Å². The largest absolute Gasteiger partial charge is 0.454 e. The third-order valence-corrected chi connectivity index (χ3v) is 4.71. The fraction of sp³-hybridized carbons (Fsp3) is 0.0455. The zero-order valence-electron chi connectivity index (χ0n) is 15.7. The van der Waals surface area contributed by atoms with Crippen LogP contribution >= 0.6 is 12.4 Å². The lowest BCUT2D eigenvalue weighted by Gasteiger charge is -2.03. The molecule has 0 saturated carbocycles. The van der Waals surface area contributed by atoms with Crippen LogP contribution in [0.15, 0.2) is 66.9 Å². The number of benzene rings is 2. The number of H-pyrrole nitrogens is 1. The highest BCUT2D eigenvalue weighted by molar-refractivity contribution is 5.93. The molecular weight excluding hydrogens is 404 g/mol. The Morgan fingerprint density at radius 1 is 0.967 bits per heavy atom. The van der Waals surface area contributed by atoms with Crippen LogP contribution in [-0.2, 0) is 0 Å². The van der Waals surface area contributed by atoms with E-state index in [1.165, 1.54) is 0 Å². The fourth-order valence-corrected chi connectivity index (χ4v) is 3.25. The molecule has 0 aliphatic carbocycles. The molecule has 0 unspecified atom stereocenters. The van der Waals surface area contributed by atoms with Gasteiger partial charge in [-0.1, -0.05) is 18.2 Å². The van der Waals surface area contributed by atoms with Gasteiger partial charge in [0, 0.05) is 22.9 Å². The van der Waals surface area contributed by atoms with E-state index in [9.17, 15) is 4.79 Å². The number of halogens is 1. The van der Waals surface area contributed by atoms with Crippen LogP contribution in [0.25, 0.3) is 34.0 Å². The van der Waals surface area contributed by atoms with E-state index in [1.54, 1.807) is 18.3 Å². The first kappa shape index (κ1) is 19.5. The van der Waals surface area contributed by atoms with Crippen molar-refractivity contribution in [2.75, 3.05) is 6.79 Å². The van der Waals surface area contributed by atoms with Gasteiger partial charge in [0.15, 0.2) is 11.5 Å². The van der Waals surface area contributed by atoms with Gasteiger partial charge in [-0.25, -0.2) is 4.98 Å². The van der Waals surface area contributed by atoms with Crippen LogP contribution < -0.4 is 15.2 Å². The van der Waals surface area contributed by atoms with Crippen molar-refractivity contribution in [2.24, 2.45) is 5.73 Å². The summed E-state index contributed by atoms with van der Waals surface area (Å²) in [5.41, 5.74) is 9.80. The minimum atomic E-state index is -0.466. The summed E-state index contributed by atoms with van der Waals surface area (Å²) in [6.07, 6.45) is 1.74. The molecule has 150 valence electrons. The summed E-state index contributed by atoms with van der Waals surface area (Å²) in [6, 6.07) is 18.4. The van der Waals surface area contributed by atoms with Gasteiger partial charge >= 0.3 is 0 Å². The number of pyridine rings is 1. The molecule has 30 heavy (non-hydrogen) atoms. The number of primary amides is 1. The second-order valence-corrected chi connectivity index (χ2v) is 6.53. The Morgan fingerprint density at radius 2 is 1.73 bits per heavy atom. The van der Waals surface area contributed by atoms with E-state index in [0.717, 1.165) is 28.2 Å². The van der Waals surface area contributed by atoms with E-state index in [2.05, 4.69) is 9.97 Å². The van der Waals surface area contributed by atoms with Crippen LogP contribution in [0.4, 0.5) is 0 Å². The number of fused-ring (bicyclic) bond motifs is 1. The first-order valence-electron chi connectivity index (χ1n) is 9.01. The van der Waals surface area contributed by atoms with E-state index in [0.29, 0.717) is 22.9 Å². The number of carbonyl (C=O) groups is 1. The lowest BCUT2D eigenvalue weighted by atomic mass is 10.1. The number of rotatable bonds is 4. The molecule has 0 saturated heterocycles. The van der Waals surface area contributed by atoms with Crippen molar-refractivity contribution in [3.8, 4) is 45.5 Å². The van der Waals surface area contributed by atoms with Gasteiger partial charge in [0.2, 0.25) is 12.7 Å². The van der Waals surface area contributed by atoms with Gasteiger partial charge in [-0.05, 0) is 42.5 Å². The molecule has 0 radical (unpaired) electrons. The lowest BCUT2D eigenvalue weighted by molar-refractivity contribution is 0.100. The summed E-state index contributed by atoms with van der Waals surface area (Å²) in [7, 11) is 0. The molecule has 8 heteroatoms. The number of ether oxygens (including phenoxy) is 2. The molecule has 0 bridgehead atoms. The van der Waals surface area contributed by atoms with Crippen LogP contribution in [-0.4, -0.2) is 27.7 Å². The Morgan fingerprint density at radius 3 is 2.47 bits per heavy atom. The van der Waals surface area contributed by atoms with Crippen LogP contribution in [0.3, 0.4) is 0 Å². The average Bonchev–Trinajstić information content (AvgIpc) is 3.41. The fourth-order valence-electron chi connectivity index (χ4n) is 3.25. The van der Waals surface area contributed by atoms with Crippen molar-refractivity contribution < 1.29 is 14.3 Å². The molecule has 5 rings (SSSR count). The molecule has 2 aromatic carbocycles. The highest BCUT2D eigenvalue weighted by atomic mass is 35.5. The molecule has 0 fully saturated rings. The molecule has 1 aliphatic heterocycles. The highest BCUT2D eigenvalue weighted by Gasteiger charge is 2.20. The maximum atomic E-state index is 11.3. The number of nitrogens with two attached hydrogens (primary N) is 1. The number of nitrogens with one attached hydrogen (secondary N) is 1. The SMILES string of the molecule is Cl.NC(=O)c1ccc(-c2nc(-c3ccc4c(c3)OCO4)c(-c3ccccn3)[nH]2)cc1. The molecule has 1 amide bonds. The number of aromatic amines is 1. The van der Waals surface area contributed by atoms with E-state index in [4.69, 9.17) is 20.2 Å². The van der Waals surface area contributed by atoms with Gasteiger partial charge in [0.1, 0.15) is 5.82 Å². The van der Waals surface area contributed by atoms with Gasteiger partial charge in [-0.2, -0.15) is 0 Å². The quantitative estimate of drug-likeness (QED) is 0.518. The first-order chi connectivity index (χ1) is 14.2. The number of amides is 1. The molecule has 1 aliphatic rings. The van der Waals surface area contributed by atoms with Gasteiger partial charge in [-0.15, -0.1) is 12.4 Å². The normalized spacial score (nSPS) is 11.7. The number of imidazole rings is 1. The molecule has 3 heterocycles. The predicted molar refractivity (Wildman–Crippen MR) is 115 cm³/mol. The predicted octanol–water partition coefficient (Wildman–Crippen LogP) is 4.06. The van der Waals surface area contributed by atoms with Crippen molar-refractivity contribution in [3.63, 3.8) is 0 Å². The Bertz CT molecular complexity index is 1210. The minimum absolute atomic E-state index is 0. The van der Waals surface area contributed by atoms with Crippen molar-refractivity contribution in [3.05, 3.63) is 72.4 Å². The maximum absolute atomic E-state index is 11.3. The summed E-state index contributed by atoms with van der Waals surface area (Å²) < 4.78 is 10.9. The van der Waals surface area contributed by atoms with Crippen LogP contribution in [0.5, 0.6) is 11.5 Å². The Balaban J connectivity index is 0.00000218. The van der Waals surface area contributed by atoms with Gasteiger partial charge in [0.25, 0.3) is 0 Å². The minimum Gasteiger partial charge on any atom is -0.454 e. The summed E-state index contributed by atoms with van der Waals surface area (Å²) in [5, 5.41) is 0. The number of nitrogens with zero attached hydrogens (tertiary/aromatic N) is 2. The van der Waals surface area contributed by atoms with E-state index >= 15 is 0 Å². The van der Waals surface area contributed by atoms with Gasteiger partial charge in [-0.3, -0.25) is 9.78 Å². The third kappa shape index (κ3) is 3.46. The Hall–Kier alpha value is -3.84.